The number of likely N-dealkylation sites (N-methyl/N-ethyl adjacent to an activating group) is 1. The Labute approximate surface area is 201 Å². The maximum absolute atomic E-state index is 13.9. The number of aromatic nitrogens is 4. The first kappa shape index (κ1) is 22.9. The van der Waals surface area contributed by atoms with Crippen LogP contribution >= 0.6 is 0 Å². The second-order valence-corrected chi connectivity index (χ2v) is 8.96. The van der Waals surface area contributed by atoms with Crippen molar-refractivity contribution in [1.82, 2.24) is 24.6 Å². The van der Waals surface area contributed by atoms with Crippen LogP contribution in [0.15, 0.2) is 77.9 Å². The summed E-state index contributed by atoms with van der Waals surface area (Å²) in [5.41, 5.74) is 0.549. The van der Waals surface area contributed by atoms with Gasteiger partial charge in [0.15, 0.2) is 0 Å². The zero-order valence-electron chi connectivity index (χ0n) is 19.4. The average molecular weight is 478 g/mol. The molecule has 0 aliphatic carbocycles. The molecule has 1 saturated heterocycles. The van der Waals surface area contributed by atoms with E-state index < -0.39 is 11.4 Å². The predicted octanol–water partition coefficient (Wildman–Crippen LogP) is 4.29. The fraction of sp³-hybridized carbons (Fsp3) is 0.269. The number of likely N-dealkylation sites (tertiary alicyclic amines) is 1. The minimum atomic E-state index is -0.757. The smallest absolute Gasteiger partial charge is 0.322 e. The molecule has 35 heavy (non-hydrogen) atoms. The molecule has 3 heterocycles. The third-order valence-corrected chi connectivity index (χ3v) is 6.80. The highest BCUT2D eigenvalue weighted by molar-refractivity contribution is 5.35. The summed E-state index contributed by atoms with van der Waals surface area (Å²) in [5, 5.41) is 2.93. The Kier molecular flexibility index (Phi) is 5.94. The van der Waals surface area contributed by atoms with Crippen molar-refractivity contribution in [3.63, 3.8) is 0 Å². The highest BCUT2D eigenvalue weighted by Gasteiger charge is 2.49. The van der Waals surface area contributed by atoms with E-state index in [0.29, 0.717) is 18.7 Å². The third kappa shape index (κ3) is 4.35. The molecule has 3 unspecified atom stereocenters. The summed E-state index contributed by atoms with van der Waals surface area (Å²) in [7, 11) is 2.04. The van der Waals surface area contributed by atoms with Gasteiger partial charge in [-0.05, 0) is 56.3 Å². The van der Waals surface area contributed by atoms with E-state index in [1.54, 1.807) is 36.7 Å². The van der Waals surface area contributed by atoms with Gasteiger partial charge in [-0.3, -0.25) is 14.6 Å². The lowest BCUT2D eigenvalue weighted by Crippen LogP contribution is -2.55. The zero-order chi connectivity index (χ0) is 24.6. The first-order chi connectivity index (χ1) is 16.8. The van der Waals surface area contributed by atoms with Crippen LogP contribution in [0.4, 0.5) is 8.78 Å². The minimum absolute atomic E-state index is 0.0865. The zero-order valence-corrected chi connectivity index (χ0v) is 19.4. The standard InChI is InChI=1S/C26H25F2N5O2/c1-17-15-26(33-13-11-24(34)31-33,18-6-8-19(27)9-7-18)22(16-32(17)2)23-10-12-29-25(30-23)35-21-5-3-4-20(28)14-21/h3-14,17,22H,15-16H2,1-2H3,(H,31,34). The van der Waals surface area contributed by atoms with Gasteiger partial charge in [0.25, 0.3) is 5.56 Å². The molecule has 1 fully saturated rings. The normalized spacial score (nSPS) is 22.7. The van der Waals surface area contributed by atoms with Gasteiger partial charge in [-0.1, -0.05) is 18.2 Å². The van der Waals surface area contributed by atoms with Crippen LogP contribution < -0.4 is 10.3 Å². The highest BCUT2D eigenvalue weighted by atomic mass is 19.1. The van der Waals surface area contributed by atoms with Crippen molar-refractivity contribution < 1.29 is 13.5 Å². The minimum Gasteiger partial charge on any atom is -0.424 e. The molecule has 0 amide bonds. The van der Waals surface area contributed by atoms with Gasteiger partial charge < -0.3 is 9.64 Å². The molecule has 180 valence electrons. The quantitative estimate of drug-likeness (QED) is 0.464. The molecule has 5 rings (SSSR count). The van der Waals surface area contributed by atoms with Gasteiger partial charge >= 0.3 is 6.01 Å². The Morgan fingerprint density at radius 1 is 1.09 bits per heavy atom. The van der Waals surface area contributed by atoms with Crippen LogP contribution in [0.5, 0.6) is 11.8 Å². The number of ether oxygens (including phenoxy) is 1. The Morgan fingerprint density at radius 2 is 1.89 bits per heavy atom. The molecule has 2 aromatic heterocycles. The van der Waals surface area contributed by atoms with E-state index in [1.807, 2.05) is 17.8 Å². The Balaban J connectivity index is 1.65. The fourth-order valence-corrected chi connectivity index (χ4v) is 4.97. The second kappa shape index (κ2) is 9.07. The van der Waals surface area contributed by atoms with Crippen molar-refractivity contribution in [3.05, 3.63) is 106 Å². The van der Waals surface area contributed by atoms with Gasteiger partial charge in [-0.2, -0.15) is 4.98 Å². The maximum Gasteiger partial charge on any atom is 0.322 e. The van der Waals surface area contributed by atoms with Crippen molar-refractivity contribution in [3.8, 4) is 11.8 Å². The SMILES string of the molecule is CC1CC(c2ccc(F)cc2)(n2ccc(=O)[nH]2)C(c2ccnc(Oc3cccc(F)c3)n2)CN1C. The van der Waals surface area contributed by atoms with Gasteiger partial charge in [-0.25, -0.2) is 13.8 Å². The molecule has 7 nitrogen and oxygen atoms in total. The summed E-state index contributed by atoms with van der Waals surface area (Å²) in [6, 6.07) is 15.7. The van der Waals surface area contributed by atoms with Crippen LogP contribution in [0.3, 0.4) is 0 Å². The number of hydrogen-bond donors (Lipinski definition) is 1. The number of piperidine rings is 1. The van der Waals surface area contributed by atoms with Crippen LogP contribution in [-0.2, 0) is 5.54 Å². The van der Waals surface area contributed by atoms with Gasteiger partial charge in [-0.15, -0.1) is 0 Å². The lowest BCUT2D eigenvalue weighted by molar-refractivity contribution is 0.0735. The molecule has 1 N–H and O–H groups in total. The van der Waals surface area contributed by atoms with Gasteiger partial charge in [0.1, 0.15) is 17.4 Å². The number of nitrogens with zero attached hydrogens (tertiary/aromatic N) is 4. The predicted molar refractivity (Wildman–Crippen MR) is 126 cm³/mol. The number of aromatic amines is 1. The maximum atomic E-state index is 13.9. The van der Waals surface area contributed by atoms with E-state index in [2.05, 4.69) is 26.9 Å². The van der Waals surface area contributed by atoms with E-state index >= 15 is 0 Å². The van der Waals surface area contributed by atoms with Gasteiger partial charge in [0.05, 0.1) is 11.2 Å². The second-order valence-electron chi connectivity index (χ2n) is 8.96. The Morgan fingerprint density at radius 3 is 2.60 bits per heavy atom. The van der Waals surface area contributed by atoms with E-state index in [-0.39, 0.29) is 35.1 Å². The molecule has 0 saturated carbocycles. The molecule has 1 aliphatic rings. The molecule has 3 atom stereocenters. The van der Waals surface area contributed by atoms with E-state index in [0.717, 1.165) is 5.56 Å². The van der Waals surface area contributed by atoms with E-state index in [4.69, 9.17) is 4.74 Å². The average Bonchev–Trinajstić information content (AvgIpc) is 3.28. The summed E-state index contributed by atoms with van der Waals surface area (Å²) in [5.74, 6) is -0.727. The number of nitrogens with one attached hydrogen (secondary N) is 1. The molecule has 0 bridgehead atoms. The van der Waals surface area contributed by atoms with Crippen molar-refractivity contribution >= 4 is 0 Å². The van der Waals surface area contributed by atoms with Crippen molar-refractivity contribution in [2.45, 2.75) is 30.8 Å². The summed E-state index contributed by atoms with van der Waals surface area (Å²) in [4.78, 5) is 23.3. The molecule has 9 heteroatoms. The summed E-state index contributed by atoms with van der Waals surface area (Å²) >= 11 is 0. The monoisotopic (exact) mass is 477 g/mol. The van der Waals surface area contributed by atoms with Crippen LogP contribution in [0.25, 0.3) is 0 Å². The fourth-order valence-electron chi connectivity index (χ4n) is 4.97. The van der Waals surface area contributed by atoms with Crippen molar-refractivity contribution in [2.24, 2.45) is 0 Å². The number of benzene rings is 2. The van der Waals surface area contributed by atoms with Crippen LogP contribution in [-0.4, -0.2) is 44.3 Å². The topological polar surface area (TPSA) is 76.0 Å². The number of rotatable bonds is 5. The molecule has 0 radical (unpaired) electrons. The Hall–Kier alpha value is -3.85. The first-order valence-electron chi connectivity index (χ1n) is 11.4. The molecule has 4 aromatic rings. The van der Waals surface area contributed by atoms with Crippen molar-refractivity contribution in [1.29, 1.82) is 0 Å². The highest BCUT2D eigenvalue weighted by Crippen LogP contribution is 2.47. The van der Waals surface area contributed by atoms with Crippen LogP contribution in [0, 0.1) is 11.6 Å². The molecule has 2 aromatic carbocycles. The van der Waals surface area contributed by atoms with Crippen molar-refractivity contribution in [2.75, 3.05) is 13.6 Å². The largest absolute Gasteiger partial charge is 0.424 e. The molecule has 0 spiro atoms. The first-order valence-corrected chi connectivity index (χ1v) is 11.4. The lowest BCUT2D eigenvalue weighted by atomic mass is 9.69. The molecule has 1 aliphatic heterocycles. The Bertz CT molecular complexity index is 1390. The summed E-state index contributed by atoms with van der Waals surface area (Å²) in [6.07, 6.45) is 3.96. The lowest BCUT2D eigenvalue weighted by Gasteiger charge is -2.50. The number of halogens is 2. The number of hydrogen-bond acceptors (Lipinski definition) is 5. The molecular formula is C26H25F2N5O2. The molecular weight excluding hydrogens is 452 g/mol. The summed E-state index contributed by atoms with van der Waals surface area (Å²) < 4.78 is 35.1. The van der Waals surface area contributed by atoms with Crippen LogP contribution in [0.2, 0.25) is 0 Å². The number of H-pyrrole nitrogens is 1. The van der Waals surface area contributed by atoms with Gasteiger partial charge in [0.2, 0.25) is 0 Å². The summed E-state index contributed by atoms with van der Waals surface area (Å²) in [6.45, 7) is 2.73. The van der Waals surface area contributed by atoms with E-state index in [9.17, 15) is 13.6 Å². The van der Waals surface area contributed by atoms with Crippen LogP contribution in [0.1, 0.15) is 30.5 Å². The third-order valence-electron chi connectivity index (χ3n) is 6.80. The van der Waals surface area contributed by atoms with E-state index in [1.165, 1.54) is 30.3 Å². The van der Waals surface area contributed by atoms with Gasteiger partial charge in [0, 0.05) is 43.0 Å².